The van der Waals surface area contributed by atoms with Crippen LogP contribution in [0, 0.1) is 24.2 Å². The third kappa shape index (κ3) is 2.13. The van der Waals surface area contributed by atoms with Crippen LogP contribution in [0.1, 0.15) is 25.3 Å². The first-order valence-electron chi connectivity index (χ1n) is 5.86. The molecule has 3 unspecified atom stereocenters. The van der Waals surface area contributed by atoms with Crippen molar-refractivity contribution in [1.29, 1.82) is 0 Å². The van der Waals surface area contributed by atoms with Crippen molar-refractivity contribution in [2.24, 2.45) is 11.8 Å². The fraction of sp³-hybridized carbons (Fsp3) is 0.467. The van der Waals surface area contributed by atoms with Gasteiger partial charge in [-0.2, -0.15) is 0 Å². The minimum atomic E-state index is -0.672. The van der Waals surface area contributed by atoms with Crippen LogP contribution < -0.4 is 0 Å². The van der Waals surface area contributed by atoms with Crippen LogP contribution in [0.4, 0.5) is 0 Å². The van der Waals surface area contributed by atoms with Crippen molar-refractivity contribution in [2.75, 3.05) is 0 Å². The Labute approximate surface area is 97.5 Å². The van der Waals surface area contributed by atoms with Gasteiger partial charge >= 0.3 is 0 Å². The van der Waals surface area contributed by atoms with E-state index in [4.69, 9.17) is 6.42 Å². The van der Waals surface area contributed by atoms with Gasteiger partial charge in [-0.25, -0.2) is 0 Å². The Hall–Kier alpha value is -1.26. The first-order valence-corrected chi connectivity index (χ1v) is 5.86. The quantitative estimate of drug-likeness (QED) is 0.750. The molecule has 1 saturated carbocycles. The lowest BCUT2D eigenvalue weighted by Crippen LogP contribution is -2.31. The summed E-state index contributed by atoms with van der Waals surface area (Å²) in [6, 6.07) is 10.4. The van der Waals surface area contributed by atoms with Gasteiger partial charge in [0.05, 0.1) is 11.5 Å². The topological polar surface area (TPSA) is 20.2 Å². The van der Waals surface area contributed by atoms with Crippen molar-refractivity contribution in [2.45, 2.75) is 31.8 Å². The van der Waals surface area contributed by atoms with E-state index in [0.717, 1.165) is 19.3 Å². The highest BCUT2D eigenvalue weighted by Crippen LogP contribution is 2.41. The van der Waals surface area contributed by atoms with Gasteiger partial charge in [0.1, 0.15) is 0 Å². The van der Waals surface area contributed by atoms with Crippen LogP contribution in [0.3, 0.4) is 0 Å². The van der Waals surface area contributed by atoms with Gasteiger partial charge in [0.25, 0.3) is 0 Å². The Balaban J connectivity index is 2.10. The first-order chi connectivity index (χ1) is 7.63. The Morgan fingerprint density at radius 2 is 2.12 bits per heavy atom. The molecule has 1 fully saturated rings. The zero-order valence-electron chi connectivity index (χ0n) is 9.69. The smallest absolute Gasteiger partial charge is 0.0759 e. The fourth-order valence-electron chi connectivity index (χ4n) is 2.76. The predicted octanol–water partition coefficient (Wildman–Crippen LogP) is 2.64. The average molecular weight is 214 g/mol. The molecule has 0 heterocycles. The van der Waals surface area contributed by atoms with Crippen LogP contribution >= 0.6 is 0 Å². The van der Waals surface area contributed by atoms with Gasteiger partial charge < -0.3 is 5.11 Å². The van der Waals surface area contributed by atoms with Gasteiger partial charge in [0, 0.05) is 0 Å². The van der Waals surface area contributed by atoms with Crippen LogP contribution in [-0.2, 0) is 6.42 Å². The van der Waals surface area contributed by atoms with E-state index in [2.05, 4.69) is 18.1 Å². The minimum Gasteiger partial charge on any atom is -0.389 e. The Morgan fingerprint density at radius 3 is 2.75 bits per heavy atom. The van der Waals surface area contributed by atoms with Crippen molar-refractivity contribution in [1.82, 2.24) is 0 Å². The highest BCUT2D eigenvalue weighted by Gasteiger charge is 2.42. The SMILES string of the molecule is C#CC1C(Cc2ccccc2)CCC1(C)O. The predicted molar refractivity (Wildman–Crippen MR) is 65.8 cm³/mol. The summed E-state index contributed by atoms with van der Waals surface area (Å²) in [5.74, 6) is 3.19. The molecule has 0 saturated heterocycles. The lowest BCUT2D eigenvalue weighted by Gasteiger charge is -2.24. The molecule has 1 aromatic carbocycles. The van der Waals surface area contributed by atoms with Crippen molar-refractivity contribution >= 4 is 0 Å². The van der Waals surface area contributed by atoms with Crippen LogP contribution in [-0.4, -0.2) is 10.7 Å². The van der Waals surface area contributed by atoms with E-state index in [1.165, 1.54) is 5.56 Å². The molecule has 0 aliphatic heterocycles. The number of benzene rings is 1. The minimum absolute atomic E-state index is 0.00675. The second-order valence-electron chi connectivity index (χ2n) is 4.99. The molecule has 1 nitrogen and oxygen atoms in total. The average Bonchev–Trinajstić information content (AvgIpc) is 2.55. The summed E-state index contributed by atoms with van der Waals surface area (Å²) in [5, 5.41) is 10.2. The van der Waals surface area contributed by atoms with Crippen LogP contribution in [0.2, 0.25) is 0 Å². The van der Waals surface area contributed by atoms with Crippen LogP contribution in [0.5, 0.6) is 0 Å². The van der Waals surface area contributed by atoms with Gasteiger partial charge in [-0.05, 0) is 37.7 Å². The second kappa shape index (κ2) is 4.31. The van der Waals surface area contributed by atoms with E-state index in [1.54, 1.807) is 0 Å². The van der Waals surface area contributed by atoms with E-state index in [-0.39, 0.29) is 5.92 Å². The highest BCUT2D eigenvalue weighted by atomic mass is 16.3. The summed E-state index contributed by atoms with van der Waals surface area (Å²) in [6.07, 6.45) is 8.36. The molecule has 0 amide bonds. The monoisotopic (exact) mass is 214 g/mol. The number of aliphatic hydroxyl groups is 1. The van der Waals surface area contributed by atoms with Gasteiger partial charge in [0.15, 0.2) is 0 Å². The van der Waals surface area contributed by atoms with Crippen molar-refractivity contribution in [3.05, 3.63) is 35.9 Å². The summed E-state index contributed by atoms with van der Waals surface area (Å²) in [4.78, 5) is 0. The molecule has 1 heteroatoms. The molecule has 3 atom stereocenters. The summed E-state index contributed by atoms with van der Waals surface area (Å²) in [6.45, 7) is 1.86. The van der Waals surface area contributed by atoms with Crippen LogP contribution in [0.25, 0.3) is 0 Å². The molecule has 0 aromatic heterocycles. The van der Waals surface area contributed by atoms with Gasteiger partial charge in [0.2, 0.25) is 0 Å². The third-order valence-corrected chi connectivity index (χ3v) is 3.68. The number of hydrogen-bond donors (Lipinski definition) is 1. The van der Waals surface area contributed by atoms with Crippen molar-refractivity contribution in [3.63, 3.8) is 0 Å². The first kappa shape index (κ1) is 11.2. The zero-order chi connectivity index (χ0) is 11.6. The molecule has 1 aliphatic carbocycles. The molecule has 1 aliphatic rings. The van der Waals surface area contributed by atoms with Gasteiger partial charge in [-0.1, -0.05) is 30.3 Å². The molecular formula is C15H18O. The summed E-state index contributed by atoms with van der Waals surface area (Å²) in [5.41, 5.74) is 0.638. The normalized spacial score (nSPS) is 33.6. The Kier molecular flexibility index (Phi) is 3.03. The molecule has 1 aromatic rings. The summed E-state index contributed by atoms with van der Waals surface area (Å²) >= 11 is 0. The molecule has 0 radical (unpaired) electrons. The standard InChI is InChI=1S/C15H18O/c1-3-14-13(9-10-15(14,2)16)11-12-7-5-4-6-8-12/h1,4-8,13-14,16H,9-11H2,2H3. The molecule has 2 rings (SSSR count). The lowest BCUT2D eigenvalue weighted by atomic mass is 9.84. The fourth-order valence-corrected chi connectivity index (χ4v) is 2.76. The zero-order valence-corrected chi connectivity index (χ0v) is 9.69. The number of terminal acetylenes is 1. The van der Waals surface area contributed by atoms with Crippen molar-refractivity contribution < 1.29 is 5.11 Å². The van der Waals surface area contributed by atoms with E-state index in [0.29, 0.717) is 5.92 Å². The Bertz CT molecular complexity index is 386. The molecule has 84 valence electrons. The van der Waals surface area contributed by atoms with E-state index in [9.17, 15) is 5.11 Å². The Morgan fingerprint density at radius 1 is 1.44 bits per heavy atom. The number of hydrogen-bond acceptors (Lipinski definition) is 1. The maximum Gasteiger partial charge on any atom is 0.0759 e. The van der Waals surface area contributed by atoms with Crippen LogP contribution in [0.15, 0.2) is 30.3 Å². The largest absolute Gasteiger partial charge is 0.389 e. The van der Waals surface area contributed by atoms with Gasteiger partial charge in [-0.3, -0.25) is 0 Å². The number of rotatable bonds is 2. The van der Waals surface area contributed by atoms with Crippen molar-refractivity contribution in [3.8, 4) is 12.3 Å². The molecule has 1 N–H and O–H groups in total. The molecule has 16 heavy (non-hydrogen) atoms. The maximum atomic E-state index is 10.2. The maximum absolute atomic E-state index is 10.2. The van der Waals surface area contributed by atoms with E-state index in [1.807, 2.05) is 25.1 Å². The molecule has 0 bridgehead atoms. The summed E-state index contributed by atoms with van der Waals surface area (Å²) in [7, 11) is 0. The van der Waals surface area contributed by atoms with Gasteiger partial charge in [-0.15, -0.1) is 12.3 Å². The lowest BCUT2D eigenvalue weighted by molar-refractivity contribution is 0.0343. The van der Waals surface area contributed by atoms with E-state index >= 15 is 0 Å². The molecular weight excluding hydrogens is 196 g/mol. The third-order valence-electron chi connectivity index (χ3n) is 3.68. The second-order valence-corrected chi connectivity index (χ2v) is 4.99. The highest BCUT2D eigenvalue weighted by molar-refractivity contribution is 5.18. The molecule has 0 spiro atoms. The summed E-state index contributed by atoms with van der Waals surface area (Å²) < 4.78 is 0. The van der Waals surface area contributed by atoms with E-state index < -0.39 is 5.60 Å².